The third kappa shape index (κ3) is 2.68. The predicted octanol–water partition coefficient (Wildman–Crippen LogP) is 3.38. The van der Waals surface area contributed by atoms with Gasteiger partial charge in [0.15, 0.2) is 12.4 Å². The molecule has 1 aromatic heterocycles. The molecule has 0 radical (unpaired) electrons. The first kappa shape index (κ1) is 13.9. The van der Waals surface area contributed by atoms with Gasteiger partial charge in [0.05, 0.1) is 10.9 Å². The molecule has 23 heavy (non-hydrogen) atoms. The number of benzene rings is 2. The van der Waals surface area contributed by atoms with Crippen LogP contribution in [0.15, 0.2) is 48.8 Å². The van der Waals surface area contributed by atoms with Crippen molar-refractivity contribution in [3.63, 3.8) is 0 Å². The monoisotopic (exact) mass is 304 g/mol. The molecule has 0 amide bonds. The van der Waals surface area contributed by atoms with Crippen LogP contribution in [0.2, 0.25) is 0 Å². The Morgan fingerprint density at radius 3 is 2.87 bits per heavy atom. The van der Waals surface area contributed by atoms with Crippen LogP contribution in [0.3, 0.4) is 0 Å². The highest BCUT2D eigenvalue weighted by molar-refractivity contribution is 5.97. The lowest BCUT2D eigenvalue weighted by atomic mass is 10.0. The van der Waals surface area contributed by atoms with E-state index in [4.69, 9.17) is 4.74 Å². The Labute approximate surface area is 134 Å². The Balaban J connectivity index is 1.53. The van der Waals surface area contributed by atoms with Crippen LogP contribution in [0.4, 0.5) is 0 Å². The molecule has 0 saturated carbocycles. The second-order valence-corrected chi connectivity index (χ2v) is 5.74. The number of hydrogen-bond acceptors (Lipinski definition) is 4. The Kier molecular flexibility index (Phi) is 3.50. The van der Waals surface area contributed by atoms with Crippen LogP contribution in [0.5, 0.6) is 5.88 Å². The van der Waals surface area contributed by atoms with Gasteiger partial charge >= 0.3 is 0 Å². The van der Waals surface area contributed by atoms with Crippen LogP contribution in [0, 0.1) is 0 Å². The van der Waals surface area contributed by atoms with Crippen LogP contribution in [-0.4, -0.2) is 22.4 Å². The highest BCUT2D eigenvalue weighted by Gasteiger charge is 2.15. The lowest BCUT2D eigenvalue weighted by Gasteiger charge is -2.08. The summed E-state index contributed by atoms with van der Waals surface area (Å²) >= 11 is 0. The van der Waals surface area contributed by atoms with E-state index in [9.17, 15) is 4.79 Å². The highest BCUT2D eigenvalue weighted by Crippen LogP contribution is 2.24. The predicted molar refractivity (Wildman–Crippen MR) is 87.8 cm³/mol. The number of nitrogens with zero attached hydrogens (tertiary/aromatic N) is 2. The third-order valence-electron chi connectivity index (χ3n) is 4.27. The molecule has 0 bridgehead atoms. The number of hydrogen-bond donors (Lipinski definition) is 0. The van der Waals surface area contributed by atoms with Gasteiger partial charge in [0, 0.05) is 5.56 Å². The molecule has 0 N–H and O–H groups in total. The minimum Gasteiger partial charge on any atom is -0.469 e. The van der Waals surface area contributed by atoms with E-state index in [0.29, 0.717) is 11.4 Å². The van der Waals surface area contributed by atoms with Gasteiger partial charge in [0.2, 0.25) is 5.88 Å². The summed E-state index contributed by atoms with van der Waals surface area (Å²) in [7, 11) is 0. The molecule has 0 aliphatic heterocycles. The molecule has 0 spiro atoms. The summed E-state index contributed by atoms with van der Waals surface area (Å²) in [5, 5.41) is 0.816. The van der Waals surface area contributed by atoms with Crippen molar-refractivity contribution in [1.82, 2.24) is 9.97 Å². The van der Waals surface area contributed by atoms with E-state index in [-0.39, 0.29) is 12.4 Å². The molecule has 1 heterocycles. The number of ether oxygens (including phenoxy) is 1. The molecule has 1 aliphatic carbocycles. The van der Waals surface area contributed by atoms with Crippen molar-refractivity contribution in [3.8, 4) is 5.88 Å². The lowest BCUT2D eigenvalue weighted by Crippen LogP contribution is -2.13. The quantitative estimate of drug-likeness (QED) is 0.693. The number of ketones is 1. The van der Waals surface area contributed by atoms with Crippen LogP contribution in [0.1, 0.15) is 27.9 Å². The third-order valence-corrected chi connectivity index (χ3v) is 4.27. The van der Waals surface area contributed by atoms with Gasteiger partial charge in [-0.1, -0.05) is 24.3 Å². The summed E-state index contributed by atoms with van der Waals surface area (Å²) in [5.41, 5.74) is 4.18. The van der Waals surface area contributed by atoms with Gasteiger partial charge in [0.25, 0.3) is 0 Å². The van der Waals surface area contributed by atoms with Crippen molar-refractivity contribution >= 4 is 16.7 Å². The zero-order valence-corrected chi connectivity index (χ0v) is 12.7. The van der Waals surface area contributed by atoms with Gasteiger partial charge in [0.1, 0.15) is 6.33 Å². The molecular weight excluding hydrogens is 288 g/mol. The average Bonchev–Trinajstić information content (AvgIpc) is 3.07. The smallest absolute Gasteiger partial charge is 0.224 e. The zero-order chi connectivity index (χ0) is 15.6. The minimum absolute atomic E-state index is 0.0141. The first-order chi connectivity index (χ1) is 11.3. The van der Waals surface area contributed by atoms with Gasteiger partial charge < -0.3 is 4.74 Å². The van der Waals surface area contributed by atoms with Gasteiger partial charge in [-0.05, 0) is 48.6 Å². The molecule has 4 nitrogen and oxygen atoms in total. The number of aryl methyl sites for hydroxylation is 2. The van der Waals surface area contributed by atoms with Crippen molar-refractivity contribution in [1.29, 1.82) is 0 Å². The van der Waals surface area contributed by atoms with E-state index >= 15 is 0 Å². The minimum atomic E-state index is -0.0256. The molecule has 0 unspecified atom stereocenters. The summed E-state index contributed by atoms with van der Waals surface area (Å²) in [4.78, 5) is 20.7. The number of fused-ring (bicyclic) bond motifs is 2. The number of aromatic nitrogens is 2. The summed E-state index contributed by atoms with van der Waals surface area (Å²) in [6, 6.07) is 13.6. The number of Topliss-reactive ketones (excluding diaryl/α,β-unsaturated/α-hetero) is 1. The molecule has 1 aliphatic rings. The number of carbonyl (C=O) groups excluding carboxylic acids is 1. The van der Waals surface area contributed by atoms with Crippen molar-refractivity contribution in [2.45, 2.75) is 19.3 Å². The molecule has 3 aromatic rings. The Morgan fingerprint density at radius 1 is 1.04 bits per heavy atom. The molecule has 4 rings (SSSR count). The molecular formula is C19H16N2O2. The SMILES string of the molecule is O=C(COc1ncnc2ccccc12)c1ccc2c(c1)CCC2. The summed E-state index contributed by atoms with van der Waals surface area (Å²) < 4.78 is 5.65. The van der Waals surface area contributed by atoms with Gasteiger partial charge in [-0.15, -0.1) is 0 Å². The van der Waals surface area contributed by atoms with Crippen LogP contribution in [-0.2, 0) is 12.8 Å². The molecule has 0 fully saturated rings. The molecule has 0 atom stereocenters. The van der Waals surface area contributed by atoms with E-state index in [2.05, 4.69) is 16.0 Å². The van der Waals surface area contributed by atoms with E-state index in [1.807, 2.05) is 36.4 Å². The normalized spacial score (nSPS) is 13.0. The van der Waals surface area contributed by atoms with Crippen molar-refractivity contribution in [2.75, 3.05) is 6.61 Å². The fraction of sp³-hybridized carbons (Fsp3) is 0.211. The Bertz CT molecular complexity index is 884. The zero-order valence-electron chi connectivity index (χ0n) is 12.7. The van der Waals surface area contributed by atoms with Crippen molar-refractivity contribution in [3.05, 3.63) is 65.5 Å². The summed E-state index contributed by atoms with van der Waals surface area (Å²) in [6.45, 7) is -0.0141. The summed E-state index contributed by atoms with van der Waals surface area (Å²) in [6.07, 6.45) is 4.81. The van der Waals surface area contributed by atoms with Gasteiger partial charge in [-0.3, -0.25) is 4.79 Å². The standard InChI is InChI=1S/C19H16N2O2/c22-18(15-9-8-13-4-3-5-14(13)10-15)11-23-19-16-6-1-2-7-17(16)20-12-21-19/h1-2,6-10,12H,3-5,11H2. The van der Waals surface area contributed by atoms with Crippen LogP contribution >= 0.6 is 0 Å². The maximum Gasteiger partial charge on any atom is 0.224 e. The van der Waals surface area contributed by atoms with Crippen molar-refractivity contribution in [2.24, 2.45) is 0 Å². The first-order valence-electron chi connectivity index (χ1n) is 7.79. The van der Waals surface area contributed by atoms with Crippen molar-refractivity contribution < 1.29 is 9.53 Å². The number of rotatable bonds is 4. The second-order valence-electron chi connectivity index (χ2n) is 5.74. The maximum atomic E-state index is 12.4. The average molecular weight is 304 g/mol. The maximum absolute atomic E-state index is 12.4. The van der Waals surface area contributed by atoms with Crippen LogP contribution < -0.4 is 4.74 Å². The first-order valence-corrected chi connectivity index (χ1v) is 7.79. The number of para-hydroxylation sites is 1. The molecule has 114 valence electrons. The van der Waals surface area contributed by atoms with Gasteiger partial charge in [-0.25, -0.2) is 9.97 Å². The van der Waals surface area contributed by atoms with Gasteiger partial charge in [-0.2, -0.15) is 0 Å². The topological polar surface area (TPSA) is 52.1 Å². The summed E-state index contributed by atoms with van der Waals surface area (Å²) in [5.74, 6) is 0.424. The Morgan fingerprint density at radius 2 is 1.91 bits per heavy atom. The van der Waals surface area contributed by atoms with E-state index in [1.54, 1.807) is 0 Å². The largest absolute Gasteiger partial charge is 0.469 e. The number of carbonyl (C=O) groups is 1. The fourth-order valence-corrected chi connectivity index (χ4v) is 3.06. The molecule has 0 saturated heterocycles. The van der Waals surface area contributed by atoms with E-state index in [1.165, 1.54) is 23.9 Å². The molecule has 2 aromatic carbocycles. The highest BCUT2D eigenvalue weighted by atomic mass is 16.5. The van der Waals surface area contributed by atoms with Crippen LogP contribution in [0.25, 0.3) is 10.9 Å². The van der Waals surface area contributed by atoms with E-state index < -0.39 is 0 Å². The van der Waals surface area contributed by atoms with E-state index in [0.717, 1.165) is 23.7 Å². The second kappa shape index (κ2) is 5.80. The molecule has 4 heteroatoms. The lowest BCUT2D eigenvalue weighted by molar-refractivity contribution is 0.0919. The Hall–Kier alpha value is -2.75. The fourth-order valence-electron chi connectivity index (χ4n) is 3.06.